The van der Waals surface area contributed by atoms with Crippen LogP contribution in [0.15, 0.2) is 12.7 Å². The number of carbonyl (C=O) groups excluding carboxylic acids is 1. The molecular weight excluding hydrogens is 210 g/mol. The third-order valence-electron chi connectivity index (χ3n) is 2.27. The molecule has 0 aromatic heterocycles. The van der Waals surface area contributed by atoms with Gasteiger partial charge in [-0.3, -0.25) is 0 Å². The van der Waals surface area contributed by atoms with Gasteiger partial charge in [0.25, 0.3) is 0 Å². The molecule has 1 rings (SSSR count). The Morgan fingerprint density at radius 2 is 2.44 bits per heavy atom. The highest BCUT2D eigenvalue weighted by atomic mass is 16.6. The standard InChI is InChI=1S/C11H19NO4/c1-4-5-15-10(14)12-6-9(7-13)16-11(2,3)8-12/h4,9,13H,1,5-8H2,2-3H3. The van der Waals surface area contributed by atoms with Crippen molar-refractivity contribution in [1.29, 1.82) is 0 Å². The fraction of sp³-hybridized carbons (Fsp3) is 0.727. The van der Waals surface area contributed by atoms with Gasteiger partial charge in [-0.15, -0.1) is 0 Å². The van der Waals surface area contributed by atoms with Gasteiger partial charge in [0, 0.05) is 0 Å². The maximum Gasteiger partial charge on any atom is 0.410 e. The summed E-state index contributed by atoms with van der Waals surface area (Å²) in [5, 5.41) is 9.08. The van der Waals surface area contributed by atoms with E-state index in [1.807, 2.05) is 13.8 Å². The molecule has 0 radical (unpaired) electrons. The molecule has 1 aliphatic heterocycles. The fourth-order valence-corrected chi connectivity index (χ4v) is 1.75. The zero-order valence-corrected chi connectivity index (χ0v) is 9.81. The van der Waals surface area contributed by atoms with Crippen molar-refractivity contribution >= 4 is 6.09 Å². The molecule has 0 aliphatic carbocycles. The topological polar surface area (TPSA) is 59.0 Å². The Hall–Kier alpha value is -1.07. The molecule has 0 bridgehead atoms. The number of hydrogen-bond donors (Lipinski definition) is 1. The van der Waals surface area contributed by atoms with Crippen LogP contribution in [-0.4, -0.2) is 54.1 Å². The average molecular weight is 229 g/mol. The minimum atomic E-state index is -0.459. The molecule has 1 unspecified atom stereocenters. The lowest BCUT2D eigenvalue weighted by Gasteiger charge is -2.41. The second kappa shape index (κ2) is 5.32. The maximum atomic E-state index is 11.6. The van der Waals surface area contributed by atoms with E-state index >= 15 is 0 Å². The van der Waals surface area contributed by atoms with Crippen molar-refractivity contribution in [2.24, 2.45) is 0 Å². The molecule has 16 heavy (non-hydrogen) atoms. The van der Waals surface area contributed by atoms with Crippen molar-refractivity contribution in [2.45, 2.75) is 25.6 Å². The first-order valence-electron chi connectivity index (χ1n) is 5.30. The van der Waals surface area contributed by atoms with Gasteiger partial charge in [-0.1, -0.05) is 12.7 Å². The van der Waals surface area contributed by atoms with Gasteiger partial charge in [0.1, 0.15) is 6.61 Å². The Morgan fingerprint density at radius 3 is 3.00 bits per heavy atom. The SMILES string of the molecule is C=CCOC(=O)N1CC(CO)OC(C)(C)C1. The molecule has 0 aromatic rings. The number of morpholine rings is 1. The average Bonchev–Trinajstić information content (AvgIpc) is 2.23. The van der Waals surface area contributed by atoms with Gasteiger partial charge in [0.15, 0.2) is 0 Å². The Labute approximate surface area is 95.6 Å². The van der Waals surface area contributed by atoms with Gasteiger partial charge in [-0.2, -0.15) is 0 Å². The summed E-state index contributed by atoms with van der Waals surface area (Å²) in [6.07, 6.45) is 0.780. The number of ether oxygens (including phenoxy) is 2. The van der Waals surface area contributed by atoms with Crippen molar-refractivity contribution in [3.63, 3.8) is 0 Å². The van der Waals surface area contributed by atoms with Gasteiger partial charge < -0.3 is 19.5 Å². The van der Waals surface area contributed by atoms with E-state index in [9.17, 15) is 4.79 Å². The first-order valence-corrected chi connectivity index (χ1v) is 5.30. The fourth-order valence-electron chi connectivity index (χ4n) is 1.75. The molecule has 92 valence electrons. The zero-order valence-electron chi connectivity index (χ0n) is 9.81. The van der Waals surface area contributed by atoms with E-state index < -0.39 is 11.7 Å². The van der Waals surface area contributed by atoms with E-state index in [0.29, 0.717) is 13.1 Å². The Morgan fingerprint density at radius 1 is 1.75 bits per heavy atom. The molecule has 0 spiro atoms. The third-order valence-corrected chi connectivity index (χ3v) is 2.27. The summed E-state index contributed by atoms with van der Waals surface area (Å²) < 4.78 is 10.5. The van der Waals surface area contributed by atoms with Gasteiger partial charge in [0.2, 0.25) is 0 Å². The predicted molar refractivity (Wildman–Crippen MR) is 59.2 cm³/mol. The lowest BCUT2D eigenvalue weighted by atomic mass is 10.1. The quantitative estimate of drug-likeness (QED) is 0.727. The summed E-state index contributed by atoms with van der Waals surface area (Å²) in [4.78, 5) is 13.2. The van der Waals surface area contributed by atoms with Crippen LogP contribution in [0.4, 0.5) is 4.79 Å². The first kappa shape index (κ1) is 13.0. The van der Waals surface area contributed by atoms with Crippen LogP contribution in [0.25, 0.3) is 0 Å². The second-order valence-corrected chi connectivity index (χ2v) is 4.43. The predicted octanol–water partition coefficient (Wildman–Crippen LogP) is 0.781. The molecule has 1 atom stereocenters. The van der Waals surface area contributed by atoms with Crippen LogP contribution in [-0.2, 0) is 9.47 Å². The van der Waals surface area contributed by atoms with Crippen LogP contribution in [0, 0.1) is 0 Å². The number of aliphatic hydroxyl groups is 1. The molecule has 0 saturated carbocycles. The number of aliphatic hydroxyl groups excluding tert-OH is 1. The van der Waals surface area contributed by atoms with Gasteiger partial charge >= 0.3 is 6.09 Å². The van der Waals surface area contributed by atoms with Crippen molar-refractivity contribution in [2.75, 3.05) is 26.3 Å². The van der Waals surface area contributed by atoms with E-state index in [1.165, 1.54) is 6.08 Å². The van der Waals surface area contributed by atoms with E-state index in [2.05, 4.69) is 6.58 Å². The summed E-state index contributed by atoms with van der Waals surface area (Å²) >= 11 is 0. The number of rotatable bonds is 3. The highest BCUT2D eigenvalue weighted by molar-refractivity contribution is 5.68. The Kier molecular flexibility index (Phi) is 4.32. The van der Waals surface area contributed by atoms with E-state index in [4.69, 9.17) is 14.6 Å². The monoisotopic (exact) mass is 229 g/mol. The first-order chi connectivity index (χ1) is 7.48. The summed E-state index contributed by atoms with van der Waals surface area (Å²) in [5.41, 5.74) is -0.459. The van der Waals surface area contributed by atoms with E-state index in [0.717, 1.165) is 0 Å². The summed E-state index contributed by atoms with van der Waals surface area (Å²) in [6, 6.07) is 0. The number of nitrogens with zero attached hydrogens (tertiary/aromatic N) is 1. The van der Waals surface area contributed by atoms with Crippen LogP contribution < -0.4 is 0 Å². The number of amides is 1. The van der Waals surface area contributed by atoms with Crippen molar-refractivity contribution < 1.29 is 19.4 Å². The second-order valence-electron chi connectivity index (χ2n) is 4.43. The molecular formula is C11H19NO4. The molecule has 1 fully saturated rings. The summed E-state index contributed by atoms with van der Waals surface area (Å²) in [5.74, 6) is 0. The molecule has 1 amide bonds. The summed E-state index contributed by atoms with van der Waals surface area (Å²) in [7, 11) is 0. The van der Waals surface area contributed by atoms with Crippen LogP contribution >= 0.6 is 0 Å². The lowest BCUT2D eigenvalue weighted by Crippen LogP contribution is -2.55. The van der Waals surface area contributed by atoms with E-state index in [1.54, 1.807) is 4.90 Å². The minimum absolute atomic E-state index is 0.103. The molecule has 5 nitrogen and oxygen atoms in total. The van der Waals surface area contributed by atoms with Crippen molar-refractivity contribution in [3.8, 4) is 0 Å². The van der Waals surface area contributed by atoms with Crippen molar-refractivity contribution in [3.05, 3.63) is 12.7 Å². The van der Waals surface area contributed by atoms with Crippen molar-refractivity contribution in [1.82, 2.24) is 4.90 Å². The highest BCUT2D eigenvalue weighted by Crippen LogP contribution is 2.21. The Balaban J connectivity index is 2.58. The van der Waals surface area contributed by atoms with Crippen LogP contribution in [0.1, 0.15) is 13.8 Å². The minimum Gasteiger partial charge on any atom is -0.445 e. The zero-order chi connectivity index (χ0) is 12.2. The molecule has 0 aromatic carbocycles. The summed E-state index contributed by atoms with van der Waals surface area (Å²) in [6.45, 7) is 8.14. The van der Waals surface area contributed by atoms with Crippen LogP contribution in [0.3, 0.4) is 0 Å². The third kappa shape index (κ3) is 3.50. The largest absolute Gasteiger partial charge is 0.445 e. The molecule has 1 aliphatic rings. The number of carbonyl (C=O) groups is 1. The number of hydrogen-bond acceptors (Lipinski definition) is 4. The maximum absolute atomic E-state index is 11.6. The van der Waals surface area contributed by atoms with Gasteiger partial charge in [0.05, 0.1) is 31.4 Å². The van der Waals surface area contributed by atoms with Gasteiger partial charge in [-0.25, -0.2) is 4.79 Å². The van der Waals surface area contributed by atoms with Crippen LogP contribution in [0.2, 0.25) is 0 Å². The molecule has 5 heteroatoms. The Bertz CT molecular complexity index is 265. The van der Waals surface area contributed by atoms with E-state index in [-0.39, 0.29) is 19.3 Å². The van der Waals surface area contributed by atoms with Crippen LogP contribution in [0.5, 0.6) is 0 Å². The highest BCUT2D eigenvalue weighted by Gasteiger charge is 2.35. The molecule has 1 saturated heterocycles. The normalized spacial score (nSPS) is 23.9. The smallest absolute Gasteiger partial charge is 0.410 e. The lowest BCUT2D eigenvalue weighted by molar-refractivity contribution is -0.142. The molecule has 1 N–H and O–H groups in total. The molecule has 1 heterocycles. The van der Waals surface area contributed by atoms with Gasteiger partial charge in [-0.05, 0) is 13.8 Å².